The zero-order valence-electron chi connectivity index (χ0n) is 17.2. The lowest BCUT2D eigenvalue weighted by atomic mass is 10.2. The van der Waals surface area contributed by atoms with Crippen molar-refractivity contribution in [3.63, 3.8) is 0 Å². The SMILES string of the molecule is CCOc1cc(C(=O)Nc2nnc(/C=C/c3ccco3)s2)ccc1OCc1ccncc1. The molecule has 0 unspecified atom stereocenters. The molecule has 1 aromatic carbocycles. The molecule has 9 heteroatoms. The minimum absolute atomic E-state index is 0.315. The molecule has 3 aromatic heterocycles. The minimum atomic E-state index is -0.315. The molecule has 4 rings (SSSR count). The maximum atomic E-state index is 12.7. The molecule has 162 valence electrons. The van der Waals surface area contributed by atoms with Crippen LogP contribution in [0.3, 0.4) is 0 Å². The number of hydrogen-bond donors (Lipinski definition) is 1. The largest absolute Gasteiger partial charge is 0.490 e. The van der Waals surface area contributed by atoms with Gasteiger partial charge in [-0.25, -0.2) is 0 Å². The van der Waals surface area contributed by atoms with E-state index in [9.17, 15) is 4.79 Å². The zero-order chi connectivity index (χ0) is 22.2. The van der Waals surface area contributed by atoms with E-state index in [4.69, 9.17) is 13.9 Å². The van der Waals surface area contributed by atoms with E-state index in [0.29, 0.717) is 46.2 Å². The molecule has 0 spiro atoms. The Labute approximate surface area is 188 Å². The van der Waals surface area contributed by atoms with Crippen LogP contribution in [0.25, 0.3) is 12.2 Å². The number of amides is 1. The van der Waals surface area contributed by atoms with Crippen LogP contribution in [0.5, 0.6) is 11.5 Å². The Hall–Kier alpha value is -3.98. The van der Waals surface area contributed by atoms with Gasteiger partial charge in [0.1, 0.15) is 17.4 Å². The monoisotopic (exact) mass is 448 g/mol. The lowest BCUT2D eigenvalue weighted by molar-refractivity contribution is 0.102. The van der Waals surface area contributed by atoms with Crippen LogP contribution in [0, 0.1) is 0 Å². The van der Waals surface area contributed by atoms with Crippen LogP contribution in [0.1, 0.15) is 33.6 Å². The third kappa shape index (κ3) is 5.58. The summed E-state index contributed by atoms with van der Waals surface area (Å²) >= 11 is 1.26. The average molecular weight is 449 g/mol. The molecule has 0 atom stereocenters. The van der Waals surface area contributed by atoms with Gasteiger partial charge in [0.25, 0.3) is 5.91 Å². The number of rotatable bonds is 9. The molecular formula is C23H20N4O4S. The third-order valence-electron chi connectivity index (χ3n) is 4.24. The minimum Gasteiger partial charge on any atom is -0.490 e. The van der Waals surface area contributed by atoms with Crippen molar-refractivity contribution in [3.8, 4) is 11.5 Å². The van der Waals surface area contributed by atoms with Crippen LogP contribution in [-0.2, 0) is 6.61 Å². The number of pyridine rings is 1. The Morgan fingerprint density at radius 2 is 1.97 bits per heavy atom. The predicted molar refractivity (Wildman–Crippen MR) is 122 cm³/mol. The van der Waals surface area contributed by atoms with Crippen molar-refractivity contribution in [3.05, 3.63) is 83.0 Å². The van der Waals surface area contributed by atoms with Crippen molar-refractivity contribution < 1.29 is 18.7 Å². The summed E-state index contributed by atoms with van der Waals surface area (Å²) in [5.41, 5.74) is 1.41. The van der Waals surface area contributed by atoms with Gasteiger partial charge >= 0.3 is 0 Å². The van der Waals surface area contributed by atoms with E-state index in [-0.39, 0.29) is 5.91 Å². The highest BCUT2D eigenvalue weighted by atomic mass is 32.1. The number of aromatic nitrogens is 3. The molecule has 0 aliphatic heterocycles. The summed E-state index contributed by atoms with van der Waals surface area (Å²) < 4.78 is 16.8. The second-order valence-electron chi connectivity index (χ2n) is 6.49. The molecule has 3 heterocycles. The summed E-state index contributed by atoms with van der Waals surface area (Å²) in [6.45, 7) is 2.68. The van der Waals surface area contributed by atoms with Gasteiger partial charge < -0.3 is 13.9 Å². The van der Waals surface area contributed by atoms with Gasteiger partial charge in [-0.3, -0.25) is 15.1 Å². The highest BCUT2D eigenvalue weighted by Gasteiger charge is 2.14. The van der Waals surface area contributed by atoms with E-state index in [1.807, 2.05) is 25.1 Å². The number of hydrogen-bond acceptors (Lipinski definition) is 8. The van der Waals surface area contributed by atoms with Crippen molar-refractivity contribution in [1.29, 1.82) is 0 Å². The summed E-state index contributed by atoms with van der Waals surface area (Å²) in [6.07, 6.45) is 8.57. The lowest BCUT2D eigenvalue weighted by Crippen LogP contribution is -2.12. The first-order chi connectivity index (χ1) is 15.7. The summed E-state index contributed by atoms with van der Waals surface area (Å²) in [5.74, 6) is 1.44. The van der Waals surface area contributed by atoms with Crippen molar-refractivity contribution in [2.75, 3.05) is 11.9 Å². The number of furan rings is 1. The first-order valence-electron chi connectivity index (χ1n) is 9.86. The van der Waals surface area contributed by atoms with Crippen LogP contribution < -0.4 is 14.8 Å². The van der Waals surface area contributed by atoms with Crippen molar-refractivity contribution >= 4 is 34.5 Å². The number of carbonyl (C=O) groups is 1. The molecular weight excluding hydrogens is 428 g/mol. The Morgan fingerprint density at radius 1 is 1.09 bits per heavy atom. The van der Waals surface area contributed by atoms with E-state index >= 15 is 0 Å². The molecule has 0 saturated heterocycles. The van der Waals surface area contributed by atoms with E-state index in [1.165, 1.54) is 11.3 Å². The molecule has 0 aliphatic carbocycles. The molecule has 4 aromatic rings. The number of nitrogens with one attached hydrogen (secondary N) is 1. The van der Waals surface area contributed by atoms with E-state index in [0.717, 1.165) is 5.56 Å². The van der Waals surface area contributed by atoms with Crippen LogP contribution in [0.15, 0.2) is 65.5 Å². The zero-order valence-corrected chi connectivity index (χ0v) is 18.0. The predicted octanol–water partition coefficient (Wildman–Crippen LogP) is 4.93. The fraction of sp³-hybridized carbons (Fsp3) is 0.130. The summed E-state index contributed by atoms with van der Waals surface area (Å²) in [5, 5.41) is 11.9. The number of anilines is 1. The van der Waals surface area contributed by atoms with Gasteiger partial charge in [-0.2, -0.15) is 0 Å². The van der Waals surface area contributed by atoms with E-state index in [2.05, 4.69) is 20.5 Å². The molecule has 32 heavy (non-hydrogen) atoms. The number of ether oxygens (including phenoxy) is 2. The smallest absolute Gasteiger partial charge is 0.257 e. The van der Waals surface area contributed by atoms with Gasteiger partial charge in [-0.05, 0) is 67.1 Å². The Bertz CT molecular complexity index is 1190. The van der Waals surface area contributed by atoms with Gasteiger partial charge in [0.2, 0.25) is 5.13 Å². The van der Waals surface area contributed by atoms with Crippen LogP contribution in [-0.4, -0.2) is 27.7 Å². The Balaban J connectivity index is 1.42. The maximum absolute atomic E-state index is 12.7. The maximum Gasteiger partial charge on any atom is 0.257 e. The van der Waals surface area contributed by atoms with Gasteiger partial charge in [0, 0.05) is 18.0 Å². The summed E-state index contributed by atoms with van der Waals surface area (Å²) in [7, 11) is 0. The molecule has 1 amide bonds. The fourth-order valence-electron chi connectivity index (χ4n) is 2.74. The van der Waals surface area contributed by atoms with Gasteiger partial charge in [0.15, 0.2) is 11.5 Å². The normalized spacial score (nSPS) is 10.9. The summed E-state index contributed by atoms with van der Waals surface area (Å²) in [4.78, 5) is 16.7. The topological polar surface area (TPSA) is 99.4 Å². The second kappa shape index (κ2) is 10.4. The van der Waals surface area contributed by atoms with E-state index in [1.54, 1.807) is 55.1 Å². The highest BCUT2D eigenvalue weighted by molar-refractivity contribution is 7.16. The number of nitrogens with zero attached hydrogens (tertiary/aromatic N) is 3. The molecule has 8 nitrogen and oxygen atoms in total. The number of benzene rings is 1. The standard InChI is InChI=1S/C23H20N4O4S/c1-2-29-20-14-17(5-7-19(20)31-15-16-9-11-24-12-10-16)22(28)25-23-27-26-21(32-23)8-6-18-4-3-13-30-18/h3-14H,2,15H2,1H3,(H,25,27,28)/b8-6+. The van der Waals surface area contributed by atoms with Gasteiger partial charge in [-0.15, -0.1) is 10.2 Å². The lowest BCUT2D eigenvalue weighted by Gasteiger charge is -2.13. The first kappa shape index (κ1) is 21.3. The van der Waals surface area contributed by atoms with Crippen molar-refractivity contribution in [2.24, 2.45) is 0 Å². The average Bonchev–Trinajstić information content (AvgIpc) is 3.50. The van der Waals surface area contributed by atoms with E-state index < -0.39 is 0 Å². The van der Waals surface area contributed by atoms with Crippen LogP contribution >= 0.6 is 11.3 Å². The Kier molecular flexibility index (Phi) is 6.88. The fourth-order valence-corrected chi connectivity index (χ4v) is 3.38. The molecule has 0 radical (unpaired) electrons. The van der Waals surface area contributed by atoms with Gasteiger partial charge in [0.05, 0.1) is 12.9 Å². The van der Waals surface area contributed by atoms with Crippen molar-refractivity contribution in [1.82, 2.24) is 15.2 Å². The molecule has 0 fully saturated rings. The molecule has 1 N–H and O–H groups in total. The van der Waals surface area contributed by atoms with Gasteiger partial charge in [-0.1, -0.05) is 11.3 Å². The molecule has 0 bridgehead atoms. The quantitative estimate of drug-likeness (QED) is 0.388. The number of carbonyl (C=O) groups excluding carboxylic acids is 1. The van der Waals surface area contributed by atoms with Crippen LogP contribution in [0.2, 0.25) is 0 Å². The molecule has 0 saturated carbocycles. The molecule has 0 aliphatic rings. The van der Waals surface area contributed by atoms with Crippen LogP contribution in [0.4, 0.5) is 5.13 Å². The third-order valence-corrected chi connectivity index (χ3v) is 5.05. The first-order valence-corrected chi connectivity index (χ1v) is 10.7. The summed E-state index contributed by atoms with van der Waals surface area (Å²) in [6, 6.07) is 12.4. The second-order valence-corrected chi connectivity index (χ2v) is 7.50. The highest BCUT2D eigenvalue weighted by Crippen LogP contribution is 2.30. The van der Waals surface area contributed by atoms with Crippen molar-refractivity contribution in [2.45, 2.75) is 13.5 Å². The Morgan fingerprint density at radius 3 is 2.75 bits per heavy atom.